The highest BCUT2D eigenvalue weighted by molar-refractivity contribution is 5.91. The highest BCUT2D eigenvalue weighted by Gasteiger charge is 2.15. The summed E-state index contributed by atoms with van der Waals surface area (Å²) >= 11 is 0. The number of benzene rings is 2. The second kappa shape index (κ2) is 10.3. The van der Waals surface area contributed by atoms with Crippen LogP contribution in [0.1, 0.15) is 35.6 Å². The van der Waals surface area contributed by atoms with Crippen LogP contribution in [-0.4, -0.2) is 25.5 Å². The van der Waals surface area contributed by atoms with Crippen LogP contribution in [0.3, 0.4) is 0 Å². The van der Waals surface area contributed by atoms with Gasteiger partial charge in [0, 0.05) is 6.54 Å². The summed E-state index contributed by atoms with van der Waals surface area (Å²) in [4.78, 5) is 12.3. The van der Waals surface area contributed by atoms with Crippen LogP contribution >= 0.6 is 12.4 Å². The molecule has 2 aromatic carbocycles. The van der Waals surface area contributed by atoms with Gasteiger partial charge in [0.2, 0.25) is 0 Å². The second-order valence-electron chi connectivity index (χ2n) is 7.32. The fourth-order valence-electron chi connectivity index (χ4n) is 3.64. The van der Waals surface area contributed by atoms with Gasteiger partial charge in [-0.3, -0.25) is 4.79 Å². The number of fused-ring (bicyclic) bond motifs is 1. The van der Waals surface area contributed by atoms with E-state index in [1.807, 2.05) is 30.3 Å². The molecule has 5 nitrogen and oxygen atoms in total. The minimum Gasteiger partial charge on any atom is -0.486 e. The van der Waals surface area contributed by atoms with Crippen molar-refractivity contribution in [1.82, 2.24) is 10.6 Å². The molecule has 1 amide bonds. The van der Waals surface area contributed by atoms with Crippen LogP contribution < -0.4 is 15.4 Å². The number of hydrogen-bond acceptors (Lipinski definition) is 4. The molecule has 1 aliphatic rings. The van der Waals surface area contributed by atoms with E-state index in [0.29, 0.717) is 30.6 Å². The Labute approximate surface area is 177 Å². The van der Waals surface area contributed by atoms with Crippen molar-refractivity contribution in [2.75, 3.05) is 19.6 Å². The van der Waals surface area contributed by atoms with Crippen LogP contribution in [0.25, 0.3) is 10.8 Å². The molecule has 1 saturated heterocycles. The third-order valence-electron chi connectivity index (χ3n) is 5.22. The van der Waals surface area contributed by atoms with Gasteiger partial charge < -0.3 is 19.8 Å². The number of ether oxygens (including phenoxy) is 1. The fraction of sp³-hybridized carbons (Fsp3) is 0.348. The molecule has 1 aliphatic heterocycles. The van der Waals surface area contributed by atoms with E-state index in [4.69, 9.17) is 9.15 Å². The van der Waals surface area contributed by atoms with Gasteiger partial charge in [-0.25, -0.2) is 0 Å². The van der Waals surface area contributed by atoms with Crippen molar-refractivity contribution in [1.29, 1.82) is 0 Å². The lowest BCUT2D eigenvalue weighted by atomic mass is 9.96. The Morgan fingerprint density at radius 2 is 2.00 bits per heavy atom. The van der Waals surface area contributed by atoms with Crippen molar-refractivity contribution in [3.63, 3.8) is 0 Å². The van der Waals surface area contributed by atoms with Gasteiger partial charge in [0.25, 0.3) is 5.91 Å². The van der Waals surface area contributed by atoms with Gasteiger partial charge in [-0.1, -0.05) is 30.3 Å². The van der Waals surface area contributed by atoms with Gasteiger partial charge in [-0.2, -0.15) is 0 Å². The Hall–Kier alpha value is -2.50. The summed E-state index contributed by atoms with van der Waals surface area (Å²) in [6.45, 7) is 3.13. The van der Waals surface area contributed by atoms with E-state index in [1.165, 1.54) is 18.2 Å². The Morgan fingerprint density at radius 1 is 1.14 bits per heavy atom. The maximum Gasteiger partial charge on any atom is 0.286 e. The number of piperidine rings is 1. The van der Waals surface area contributed by atoms with Crippen molar-refractivity contribution in [2.24, 2.45) is 5.92 Å². The van der Waals surface area contributed by atoms with Gasteiger partial charge in [0.15, 0.2) is 5.76 Å². The van der Waals surface area contributed by atoms with Crippen LogP contribution in [0, 0.1) is 5.92 Å². The van der Waals surface area contributed by atoms with E-state index < -0.39 is 0 Å². The molecule has 0 aliphatic carbocycles. The highest BCUT2D eigenvalue weighted by Crippen LogP contribution is 2.22. The lowest BCUT2D eigenvalue weighted by Crippen LogP contribution is -2.33. The predicted octanol–water partition coefficient (Wildman–Crippen LogP) is 4.55. The normalized spacial score (nSPS) is 16.2. The molecule has 1 unspecified atom stereocenters. The number of rotatable bonds is 7. The zero-order valence-corrected chi connectivity index (χ0v) is 17.2. The van der Waals surface area contributed by atoms with E-state index in [9.17, 15) is 4.79 Å². The average molecular weight is 415 g/mol. The largest absolute Gasteiger partial charge is 0.486 e. The summed E-state index contributed by atoms with van der Waals surface area (Å²) in [5, 5.41) is 8.66. The summed E-state index contributed by atoms with van der Waals surface area (Å²) in [5.74, 6) is 2.23. The topological polar surface area (TPSA) is 63.5 Å². The van der Waals surface area contributed by atoms with Gasteiger partial charge in [0.1, 0.15) is 18.1 Å². The monoisotopic (exact) mass is 414 g/mol. The van der Waals surface area contributed by atoms with Gasteiger partial charge in [0.05, 0.1) is 0 Å². The minimum atomic E-state index is -0.166. The van der Waals surface area contributed by atoms with Gasteiger partial charge in [-0.15, -0.1) is 12.4 Å². The van der Waals surface area contributed by atoms with Crippen LogP contribution in [-0.2, 0) is 6.61 Å². The summed E-state index contributed by atoms with van der Waals surface area (Å²) in [6.07, 6.45) is 3.45. The first kappa shape index (κ1) is 21.2. The first-order chi connectivity index (χ1) is 13.8. The number of furan rings is 1. The van der Waals surface area contributed by atoms with Crippen LogP contribution in [0.15, 0.2) is 59.0 Å². The molecule has 29 heavy (non-hydrogen) atoms. The summed E-state index contributed by atoms with van der Waals surface area (Å²) in [6, 6.07) is 17.6. The van der Waals surface area contributed by atoms with Crippen molar-refractivity contribution in [3.05, 3.63) is 66.1 Å². The summed E-state index contributed by atoms with van der Waals surface area (Å²) in [5.41, 5.74) is 0. The van der Waals surface area contributed by atoms with Gasteiger partial charge >= 0.3 is 0 Å². The number of amides is 1. The smallest absolute Gasteiger partial charge is 0.286 e. The Kier molecular flexibility index (Phi) is 7.55. The molecular formula is C23H27ClN2O3. The van der Waals surface area contributed by atoms with E-state index in [1.54, 1.807) is 12.1 Å². The Bertz CT molecular complexity index is 935. The molecule has 2 heterocycles. The predicted molar refractivity (Wildman–Crippen MR) is 117 cm³/mol. The zero-order valence-electron chi connectivity index (χ0n) is 16.4. The molecule has 0 radical (unpaired) electrons. The first-order valence-electron chi connectivity index (χ1n) is 9.97. The Balaban J connectivity index is 0.00000240. The standard InChI is InChI=1S/C23H26N2O3.ClH/c26-23(25-13-11-17-4-3-12-24-15-17)22-10-9-21(28-22)16-27-20-8-7-18-5-1-2-6-19(18)14-20;/h1-2,5-10,14,17,24H,3-4,11-13,15-16H2,(H,25,26);1H. The number of nitrogens with one attached hydrogen (secondary N) is 2. The number of hydrogen-bond donors (Lipinski definition) is 2. The van der Waals surface area contributed by atoms with Crippen molar-refractivity contribution >= 4 is 29.1 Å². The van der Waals surface area contributed by atoms with Gasteiger partial charge in [-0.05, 0) is 73.3 Å². The molecule has 6 heteroatoms. The van der Waals surface area contributed by atoms with Crippen LogP contribution in [0.5, 0.6) is 5.75 Å². The molecule has 3 aromatic rings. The molecule has 1 atom stereocenters. The third-order valence-corrected chi connectivity index (χ3v) is 5.22. The summed E-state index contributed by atoms with van der Waals surface area (Å²) in [7, 11) is 0. The number of carbonyl (C=O) groups is 1. The lowest BCUT2D eigenvalue weighted by molar-refractivity contribution is 0.0919. The SMILES string of the molecule is Cl.O=C(NCCC1CCCNC1)c1ccc(COc2ccc3ccccc3c2)o1. The van der Waals surface area contributed by atoms with Crippen LogP contribution in [0.4, 0.5) is 0 Å². The van der Waals surface area contributed by atoms with E-state index in [2.05, 4.69) is 22.8 Å². The molecule has 154 valence electrons. The molecule has 0 saturated carbocycles. The lowest BCUT2D eigenvalue weighted by Gasteiger charge is -2.22. The maximum atomic E-state index is 12.3. The number of halogens is 1. The fourth-order valence-corrected chi connectivity index (χ4v) is 3.64. The van der Waals surface area contributed by atoms with E-state index in [-0.39, 0.29) is 18.3 Å². The van der Waals surface area contributed by atoms with Crippen molar-refractivity contribution in [3.8, 4) is 5.75 Å². The Morgan fingerprint density at radius 3 is 2.83 bits per heavy atom. The zero-order chi connectivity index (χ0) is 19.2. The minimum absolute atomic E-state index is 0. The van der Waals surface area contributed by atoms with Crippen molar-refractivity contribution < 1.29 is 13.9 Å². The molecule has 0 bridgehead atoms. The number of carbonyl (C=O) groups excluding carboxylic acids is 1. The van der Waals surface area contributed by atoms with E-state index in [0.717, 1.165) is 30.6 Å². The quantitative estimate of drug-likeness (QED) is 0.595. The molecule has 2 N–H and O–H groups in total. The van der Waals surface area contributed by atoms with Crippen molar-refractivity contribution in [2.45, 2.75) is 25.9 Å². The van der Waals surface area contributed by atoms with E-state index >= 15 is 0 Å². The summed E-state index contributed by atoms with van der Waals surface area (Å²) < 4.78 is 11.5. The molecule has 1 fully saturated rings. The molecule has 4 rings (SSSR count). The maximum absolute atomic E-state index is 12.3. The first-order valence-corrected chi connectivity index (χ1v) is 9.97. The molecule has 0 spiro atoms. The second-order valence-corrected chi connectivity index (χ2v) is 7.32. The molecular weight excluding hydrogens is 388 g/mol. The van der Waals surface area contributed by atoms with Crippen LogP contribution in [0.2, 0.25) is 0 Å². The average Bonchev–Trinajstić information content (AvgIpc) is 3.22. The molecule has 1 aromatic heterocycles. The third kappa shape index (κ3) is 5.75. The highest BCUT2D eigenvalue weighted by atomic mass is 35.5.